The van der Waals surface area contributed by atoms with Gasteiger partial charge in [0.1, 0.15) is 0 Å². The largest absolute Gasteiger partial charge is 0.478 e. The summed E-state index contributed by atoms with van der Waals surface area (Å²) in [5.41, 5.74) is 0.657. The highest BCUT2D eigenvalue weighted by Crippen LogP contribution is 2.01. The molecule has 3 N–H and O–H groups in total. The number of aromatic carboxylic acids is 1. The summed E-state index contributed by atoms with van der Waals surface area (Å²) in [7, 11) is 0. The number of nitrogens with one attached hydrogen (secondary N) is 2. The first kappa shape index (κ1) is 13.0. The van der Waals surface area contributed by atoms with Crippen molar-refractivity contribution in [1.82, 2.24) is 15.6 Å². The van der Waals surface area contributed by atoms with Gasteiger partial charge in [-0.3, -0.25) is 4.98 Å². The molecule has 0 aliphatic carbocycles. The minimum absolute atomic E-state index is 0.0494. The number of carbonyl (C=O) groups excluding carboxylic acids is 1. The van der Waals surface area contributed by atoms with Gasteiger partial charge in [-0.2, -0.15) is 0 Å². The van der Waals surface area contributed by atoms with Crippen LogP contribution in [0.5, 0.6) is 0 Å². The summed E-state index contributed by atoms with van der Waals surface area (Å²) in [4.78, 5) is 26.0. The fourth-order valence-corrected chi connectivity index (χ4v) is 1.19. The zero-order valence-corrected chi connectivity index (χ0v) is 9.73. The highest BCUT2D eigenvalue weighted by Gasteiger charge is 2.06. The fraction of sp³-hybridized carbons (Fsp3) is 0.364. The van der Waals surface area contributed by atoms with Crippen LogP contribution < -0.4 is 10.6 Å². The minimum atomic E-state index is -1.01. The average molecular weight is 237 g/mol. The predicted octanol–water partition coefficient (Wildman–Crippen LogP) is 0.987. The van der Waals surface area contributed by atoms with E-state index in [1.165, 1.54) is 18.3 Å². The molecule has 0 fully saturated rings. The number of carbonyl (C=O) groups is 2. The summed E-state index contributed by atoms with van der Waals surface area (Å²) >= 11 is 0. The maximum Gasteiger partial charge on any atom is 0.335 e. The van der Waals surface area contributed by atoms with Crippen molar-refractivity contribution in [2.24, 2.45) is 0 Å². The van der Waals surface area contributed by atoms with Crippen LogP contribution in [-0.4, -0.2) is 28.1 Å². The molecule has 1 rings (SSSR count). The monoisotopic (exact) mass is 237 g/mol. The van der Waals surface area contributed by atoms with Crippen molar-refractivity contribution in [3.8, 4) is 0 Å². The Morgan fingerprint density at radius 3 is 2.76 bits per heavy atom. The van der Waals surface area contributed by atoms with Gasteiger partial charge in [-0.05, 0) is 26.0 Å². The zero-order valence-electron chi connectivity index (χ0n) is 9.73. The van der Waals surface area contributed by atoms with Crippen LogP contribution in [0.4, 0.5) is 4.79 Å². The Morgan fingerprint density at radius 1 is 1.47 bits per heavy atom. The number of carboxylic acid groups (broad SMARTS) is 1. The zero-order chi connectivity index (χ0) is 12.8. The van der Waals surface area contributed by atoms with E-state index >= 15 is 0 Å². The molecular weight excluding hydrogens is 222 g/mol. The van der Waals surface area contributed by atoms with Crippen LogP contribution in [-0.2, 0) is 6.54 Å². The molecule has 0 aliphatic rings. The lowest BCUT2D eigenvalue weighted by molar-refractivity contribution is 0.0696. The standard InChI is InChI=1S/C11H15N3O3/c1-7(2)14-11(17)13-6-9-5-8(10(15)16)3-4-12-9/h3-5,7H,6H2,1-2H3,(H,15,16)(H2,13,14,17). The molecule has 2 amide bonds. The van der Waals surface area contributed by atoms with E-state index in [0.717, 1.165) is 0 Å². The predicted molar refractivity (Wildman–Crippen MR) is 61.7 cm³/mol. The van der Waals surface area contributed by atoms with Gasteiger partial charge in [-0.25, -0.2) is 9.59 Å². The molecule has 0 atom stereocenters. The second kappa shape index (κ2) is 5.83. The third-order valence-electron chi connectivity index (χ3n) is 1.91. The van der Waals surface area contributed by atoms with E-state index in [1.54, 1.807) is 0 Å². The number of nitrogens with zero attached hydrogens (tertiary/aromatic N) is 1. The van der Waals surface area contributed by atoms with Gasteiger partial charge in [0.05, 0.1) is 17.8 Å². The first-order valence-electron chi connectivity index (χ1n) is 5.21. The number of urea groups is 1. The molecule has 1 aromatic heterocycles. The number of aromatic nitrogens is 1. The van der Waals surface area contributed by atoms with Gasteiger partial charge in [0, 0.05) is 12.2 Å². The van der Waals surface area contributed by atoms with Crippen molar-refractivity contribution in [3.63, 3.8) is 0 Å². The third-order valence-corrected chi connectivity index (χ3v) is 1.91. The maximum atomic E-state index is 11.3. The van der Waals surface area contributed by atoms with Crippen molar-refractivity contribution in [2.45, 2.75) is 26.4 Å². The Kier molecular flexibility index (Phi) is 4.45. The van der Waals surface area contributed by atoms with Gasteiger partial charge in [-0.1, -0.05) is 0 Å². The van der Waals surface area contributed by atoms with Gasteiger partial charge in [0.25, 0.3) is 0 Å². The Bertz CT molecular complexity index is 418. The van der Waals surface area contributed by atoms with Crippen molar-refractivity contribution < 1.29 is 14.7 Å². The maximum absolute atomic E-state index is 11.3. The highest BCUT2D eigenvalue weighted by atomic mass is 16.4. The van der Waals surface area contributed by atoms with Gasteiger partial charge < -0.3 is 15.7 Å². The molecule has 6 nitrogen and oxygen atoms in total. The van der Waals surface area contributed by atoms with E-state index < -0.39 is 5.97 Å². The second-order valence-electron chi connectivity index (χ2n) is 3.82. The third kappa shape index (κ3) is 4.50. The molecule has 1 aromatic rings. The van der Waals surface area contributed by atoms with E-state index in [-0.39, 0.29) is 24.2 Å². The second-order valence-corrected chi connectivity index (χ2v) is 3.82. The topological polar surface area (TPSA) is 91.3 Å². The lowest BCUT2D eigenvalue weighted by atomic mass is 10.2. The molecule has 0 saturated heterocycles. The van der Waals surface area contributed by atoms with Crippen LogP contribution in [0.25, 0.3) is 0 Å². The number of pyridine rings is 1. The smallest absolute Gasteiger partial charge is 0.335 e. The number of hydrogen-bond donors (Lipinski definition) is 3. The van der Waals surface area contributed by atoms with Crippen LogP contribution in [0.15, 0.2) is 18.3 Å². The van der Waals surface area contributed by atoms with Crippen LogP contribution in [0.1, 0.15) is 29.9 Å². The van der Waals surface area contributed by atoms with Crippen LogP contribution >= 0.6 is 0 Å². The molecule has 0 aromatic carbocycles. The summed E-state index contributed by atoms with van der Waals surface area (Å²) in [6, 6.07) is 2.58. The van der Waals surface area contributed by atoms with Gasteiger partial charge in [-0.15, -0.1) is 0 Å². The molecule has 1 heterocycles. The first-order valence-corrected chi connectivity index (χ1v) is 5.21. The van der Waals surface area contributed by atoms with Gasteiger partial charge >= 0.3 is 12.0 Å². The average Bonchev–Trinajstić information content (AvgIpc) is 2.26. The van der Waals surface area contributed by atoms with Crippen LogP contribution in [0.2, 0.25) is 0 Å². The Balaban J connectivity index is 2.54. The normalized spacial score (nSPS) is 10.1. The molecule has 0 radical (unpaired) electrons. The summed E-state index contributed by atoms with van der Waals surface area (Å²) in [5, 5.41) is 14.0. The number of carboxylic acids is 1. The summed E-state index contributed by atoms with van der Waals surface area (Å²) < 4.78 is 0. The number of rotatable bonds is 4. The molecule has 0 saturated carbocycles. The van der Waals surface area contributed by atoms with E-state index in [9.17, 15) is 9.59 Å². The molecular formula is C11H15N3O3. The lowest BCUT2D eigenvalue weighted by Crippen LogP contribution is -2.39. The molecule has 0 spiro atoms. The van der Waals surface area contributed by atoms with Crippen LogP contribution in [0.3, 0.4) is 0 Å². The number of amides is 2. The summed E-state index contributed by atoms with van der Waals surface area (Å²) in [5.74, 6) is -1.01. The quantitative estimate of drug-likeness (QED) is 0.728. The molecule has 6 heteroatoms. The first-order chi connectivity index (χ1) is 7.99. The molecule has 0 unspecified atom stereocenters. The van der Waals surface area contributed by atoms with Gasteiger partial charge in [0.15, 0.2) is 0 Å². The molecule has 0 bridgehead atoms. The Labute approximate surface area is 99.1 Å². The van der Waals surface area contributed by atoms with Gasteiger partial charge in [0.2, 0.25) is 0 Å². The fourth-order valence-electron chi connectivity index (χ4n) is 1.19. The van der Waals surface area contributed by atoms with Crippen molar-refractivity contribution >= 4 is 12.0 Å². The molecule has 0 aliphatic heterocycles. The Hall–Kier alpha value is -2.11. The van der Waals surface area contributed by atoms with Crippen molar-refractivity contribution in [2.75, 3.05) is 0 Å². The summed E-state index contributed by atoms with van der Waals surface area (Å²) in [6.07, 6.45) is 1.40. The van der Waals surface area contributed by atoms with E-state index in [4.69, 9.17) is 5.11 Å². The lowest BCUT2D eigenvalue weighted by Gasteiger charge is -2.09. The molecule has 17 heavy (non-hydrogen) atoms. The minimum Gasteiger partial charge on any atom is -0.478 e. The highest BCUT2D eigenvalue weighted by molar-refractivity contribution is 5.87. The SMILES string of the molecule is CC(C)NC(=O)NCc1cc(C(=O)O)ccn1. The van der Waals surface area contributed by atoms with E-state index in [1.807, 2.05) is 13.8 Å². The van der Waals surface area contributed by atoms with Crippen LogP contribution in [0, 0.1) is 0 Å². The molecule has 92 valence electrons. The van der Waals surface area contributed by atoms with Crippen molar-refractivity contribution in [1.29, 1.82) is 0 Å². The number of hydrogen-bond acceptors (Lipinski definition) is 3. The Morgan fingerprint density at radius 2 is 2.18 bits per heavy atom. The summed E-state index contributed by atoms with van der Waals surface area (Å²) in [6.45, 7) is 3.89. The van der Waals surface area contributed by atoms with E-state index in [2.05, 4.69) is 15.6 Å². The van der Waals surface area contributed by atoms with Crippen molar-refractivity contribution in [3.05, 3.63) is 29.6 Å². The van der Waals surface area contributed by atoms with E-state index in [0.29, 0.717) is 5.69 Å².